The van der Waals surface area contributed by atoms with Crippen LogP contribution in [0.15, 0.2) is 30.3 Å². The Balaban J connectivity index is 2.22. The summed E-state index contributed by atoms with van der Waals surface area (Å²) in [4.78, 5) is 14.6. The highest BCUT2D eigenvalue weighted by atomic mass is 16.2. The minimum Gasteiger partial charge on any atom is -0.330 e. The van der Waals surface area contributed by atoms with E-state index in [-0.39, 0.29) is 11.9 Å². The van der Waals surface area contributed by atoms with Crippen LogP contribution in [0.5, 0.6) is 0 Å². The molecule has 1 aromatic carbocycles. The summed E-state index contributed by atoms with van der Waals surface area (Å²) in [6, 6.07) is 10.3. The molecule has 2 aromatic rings. The molecule has 0 spiro atoms. The van der Waals surface area contributed by atoms with E-state index in [2.05, 4.69) is 55.2 Å². The van der Waals surface area contributed by atoms with E-state index in [0.717, 1.165) is 17.7 Å². The highest BCUT2D eigenvalue weighted by molar-refractivity contribution is 5.92. The molecule has 1 unspecified atom stereocenters. The topological polar surface area (TPSA) is 49.0 Å². The zero-order chi connectivity index (χ0) is 15.4. The van der Waals surface area contributed by atoms with Gasteiger partial charge in [0.05, 0.1) is 0 Å². The minimum absolute atomic E-state index is 0.0192. The van der Waals surface area contributed by atoms with Crippen LogP contribution < -0.4 is 0 Å². The number of aromatic amines is 1. The fourth-order valence-corrected chi connectivity index (χ4v) is 2.21. The Morgan fingerprint density at radius 1 is 1.29 bits per heavy atom. The number of carbonyl (C=O) groups excluding carboxylic acids is 1. The summed E-state index contributed by atoms with van der Waals surface area (Å²) in [6.45, 7) is 8.74. The molecule has 1 N–H and O–H groups in total. The van der Waals surface area contributed by atoms with Crippen LogP contribution in [-0.4, -0.2) is 27.0 Å². The molecular formula is C17H23N3O. The van der Waals surface area contributed by atoms with Gasteiger partial charge in [0.25, 0.3) is 5.91 Å². The van der Waals surface area contributed by atoms with Crippen LogP contribution in [-0.2, 0) is 6.54 Å². The Bertz CT molecular complexity index is 601. The van der Waals surface area contributed by atoms with E-state index in [4.69, 9.17) is 0 Å². The Labute approximate surface area is 126 Å². The van der Waals surface area contributed by atoms with Gasteiger partial charge in [0, 0.05) is 18.3 Å². The summed E-state index contributed by atoms with van der Waals surface area (Å²) in [5.74, 6) is -0.0192. The number of nitrogens with one attached hydrogen (secondary N) is 1. The third-order valence-electron chi connectivity index (χ3n) is 3.78. The van der Waals surface area contributed by atoms with E-state index in [1.807, 2.05) is 11.8 Å². The number of H-pyrrole nitrogens is 1. The fraction of sp³-hybridized carbons (Fsp3) is 0.412. The first kappa shape index (κ1) is 15.3. The van der Waals surface area contributed by atoms with Gasteiger partial charge in [-0.1, -0.05) is 36.8 Å². The number of nitrogens with zero attached hydrogens (tertiary/aromatic N) is 2. The Hall–Kier alpha value is -2.10. The molecule has 0 aliphatic carbocycles. The van der Waals surface area contributed by atoms with Gasteiger partial charge in [-0.05, 0) is 38.8 Å². The second-order valence-corrected chi connectivity index (χ2v) is 5.61. The van der Waals surface area contributed by atoms with Crippen molar-refractivity contribution in [2.75, 3.05) is 0 Å². The van der Waals surface area contributed by atoms with Crippen LogP contribution in [0, 0.1) is 13.8 Å². The van der Waals surface area contributed by atoms with Crippen molar-refractivity contribution in [3.05, 3.63) is 52.8 Å². The average molecular weight is 285 g/mol. The zero-order valence-electron chi connectivity index (χ0n) is 13.2. The van der Waals surface area contributed by atoms with Gasteiger partial charge in [-0.15, -0.1) is 0 Å². The molecule has 0 saturated carbocycles. The smallest absolute Gasteiger partial charge is 0.274 e. The molecule has 1 heterocycles. The molecule has 1 aromatic heterocycles. The van der Waals surface area contributed by atoms with E-state index in [0.29, 0.717) is 12.2 Å². The number of hydrogen-bond donors (Lipinski definition) is 1. The molecular weight excluding hydrogens is 262 g/mol. The summed E-state index contributed by atoms with van der Waals surface area (Å²) < 4.78 is 0. The van der Waals surface area contributed by atoms with Gasteiger partial charge < -0.3 is 4.90 Å². The number of aryl methyl sites for hydroxylation is 2. The van der Waals surface area contributed by atoms with Gasteiger partial charge in [0.15, 0.2) is 0 Å². The van der Waals surface area contributed by atoms with Crippen molar-refractivity contribution in [2.45, 2.75) is 46.7 Å². The van der Waals surface area contributed by atoms with Crippen LogP contribution in [0.4, 0.5) is 0 Å². The molecule has 0 radical (unpaired) electrons. The van der Waals surface area contributed by atoms with Gasteiger partial charge in [0.2, 0.25) is 0 Å². The SMILES string of the molecule is CCC(C)N(Cc1ccc(C)cc1)C(=O)c1cc(C)[nH]n1. The molecule has 0 aliphatic rings. The van der Waals surface area contributed by atoms with Crippen LogP contribution in [0.3, 0.4) is 0 Å². The minimum atomic E-state index is -0.0192. The molecule has 21 heavy (non-hydrogen) atoms. The molecule has 2 rings (SSSR count). The first-order chi connectivity index (χ1) is 10.0. The molecule has 4 nitrogen and oxygen atoms in total. The second-order valence-electron chi connectivity index (χ2n) is 5.61. The number of rotatable bonds is 5. The molecule has 1 atom stereocenters. The van der Waals surface area contributed by atoms with Crippen LogP contribution in [0.1, 0.15) is 47.6 Å². The summed E-state index contributed by atoms with van der Waals surface area (Å²) in [7, 11) is 0. The van der Waals surface area contributed by atoms with Crippen molar-refractivity contribution >= 4 is 5.91 Å². The van der Waals surface area contributed by atoms with Gasteiger partial charge in [-0.2, -0.15) is 5.10 Å². The molecule has 0 aliphatic heterocycles. The van der Waals surface area contributed by atoms with Crippen molar-refractivity contribution < 1.29 is 4.79 Å². The van der Waals surface area contributed by atoms with E-state index < -0.39 is 0 Å². The lowest BCUT2D eigenvalue weighted by Crippen LogP contribution is -2.38. The van der Waals surface area contributed by atoms with Crippen molar-refractivity contribution in [3.8, 4) is 0 Å². The van der Waals surface area contributed by atoms with Gasteiger partial charge in [-0.25, -0.2) is 0 Å². The van der Waals surface area contributed by atoms with Gasteiger partial charge >= 0.3 is 0 Å². The first-order valence-electron chi connectivity index (χ1n) is 7.39. The maximum atomic E-state index is 12.7. The van der Waals surface area contributed by atoms with E-state index in [1.165, 1.54) is 5.56 Å². The summed E-state index contributed by atoms with van der Waals surface area (Å²) in [6.07, 6.45) is 0.918. The monoisotopic (exact) mass is 285 g/mol. The lowest BCUT2D eigenvalue weighted by atomic mass is 10.1. The van der Waals surface area contributed by atoms with Crippen molar-refractivity contribution in [1.82, 2.24) is 15.1 Å². The van der Waals surface area contributed by atoms with E-state index in [9.17, 15) is 4.79 Å². The van der Waals surface area contributed by atoms with E-state index in [1.54, 1.807) is 6.07 Å². The van der Waals surface area contributed by atoms with Crippen molar-refractivity contribution in [2.24, 2.45) is 0 Å². The molecule has 0 fully saturated rings. The van der Waals surface area contributed by atoms with Crippen LogP contribution in [0.25, 0.3) is 0 Å². The van der Waals surface area contributed by atoms with Crippen LogP contribution in [0.2, 0.25) is 0 Å². The molecule has 1 amide bonds. The molecule has 0 bridgehead atoms. The third kappa shape index (κ3) is 3.72. The molecule has 4 heteroatoms. The molecule has 112 valence electrons. The Morgan fingerprint density at radius 2 is 1.95 bits per heavy atom. The number of aromatic nitrogens is 2. The number of amides is 1. The zero-order valence-corrected chi connectivity index (χ0v) is 13.2. The maximum Gasteiger partial charge on any atom is 0.274 e. The van der Waals surface area contributed by atoms with Gasteiger partial charge in [-0.3, -0.25) is 9.89 Å². The number of hydrogen-bond acceptors (Lipinski definition) is 2. The van der Waals surface area contributed by atoms with Gasteiger partial charge in [0.1, 0.15) is 5.69 Å². The average Bonchev–Trinajstić information content (AvgIpc) is 2.92. The van der Waals surface area contributed by atoms with Crippen molar-refractivity contribution in [3.63, 3.8) is 0 Å². The fourth-order valence-electron chi connectivity index (χ4n) is 2.21. The van der Waals surface area contributed by atoms with Crippen molar-refractivity contribution in [1.29, 1.82) is 0 Å². The lowest BCUT2D eigenvalue weighted by molar-refractivity contribution is 0.0665. The summed E-state index contributed by atoms with van der Waals surface area (Å²) >= 11 is 0. The molecule has 0 saturated heterocycles. The number of carbonyl (C=O) groups is 1. The normalized spacial score (nSPS) is 12.2. The van der Waals surface area contributed by atoms with Crippen LogP contribution >= 0.6 is 0 Å². The lowest BCUT2D eigenvalue weighted by Gasteiger charge is -2.28. The Morgan fingerprint density at radius 3 is 2.48 bits per heavy atom. The summed E-state index contributed by atoms with van der Waals surface area (Å²) in [5, 5.41) is 6.93. The Kier molecular flexibility index (Phi) is 4.78. The summed E-state index contributed by atoms with van der Waals surface area (Å²) in [5.41, 5.74) is 3.75. The predicted molar refractivity (Wildman–Crippen MR) is 84.1 cm³/mol. The standard InChI is InChI=1S/C17H23N3O/c1-5-14(4)20(11-15-8-6-12(2)7-9-15)17(21)16-10-13(3)18-19-16/h6-10,14H,5,11H2,1-4H3,(H,18,19). The number of benzene rings is 1. The highest BCUT2D eigenvalue weighted by Crippen LogP contribution is 2.15. The highest BCUT2D eigenvalue weighted by Gasteiger charge is 2.22. The largest absolute Gasteiger partial charge is 0.330 e. The predicted octanol–water partition coefficient (Wildman–Crippen LogP) is 3.47. The quantitative estimate of drug-likeness (QED) is 0.914. The maximum absolute atomic E-state index is 12.7. The first-order valence-corrected chi connectivity index (χ1v) is 7.39. The third-order valence-corrected chi connectivity index (χ3v) is 3.78. The second kappa shape index (κ2) is 6.57. The van der Waals surface area contributed by atoms with E-state index >= 15 is 0 Å².